The summed E-state index contributed by atoms with van der Waals surface area (Å²) in [6.07, 6.45) is 12.2. The van der Waals surface area contributed by atoms with Crippen LogP contribution in [-0.4, -0.2) is 25.1 Å². The molecule has 0 amide bonds. The van der Waals surface area contributed by atoms with Crippen LogP contribution in [0.4, 0.5) is 0 Å². The molecule has 6 aromatic carbocycles. The molecule has 0 aliphatic heterocycles. The molecule has 6 aromatic rings. The highest BCUT2D eigenvalue weighted by atomic mass is 16.5. The summed E-state index contributed by atoms with van der Waals surface area (Å²) in [5.74, 6) is 2.54. The molecule has 0 unspecified atom stereocenters. The molecule has 0 fully saturated rings. The second-order valence-electron chi connectivity index (χ2n) is 18.0. The molecule has 4 nitrogen and oxygen atoms in total. The Kier molecular flexibility index (Phi) is 8.66. The lowest BCUT2D eigenvalue weighted by atomic mass is 9.81. The molecule has 1 N–H and O–H groups in total. The van der Waals surface area contributed by atoms with Gasteiger partial charge in [0.2, 0.25) is 0 Å². The number of benzene rings is 6. The SMILES string of the molecule is COc1ccc2c(c1)CC1(Cc3ccccc3C1)C2.COc1ccc2c(c1)CC1(Cc3ccccc3C1)C2=O.Oc1ccc2c(c1)CC1(Cc3ccccc3C1)C2. The predicted octanol–water partition coefficient (Wildman–Crippen LogP) is 10.1. The van der Waals surface area contributed by atoms with Gasteiger partial charge in [0, 0.05) is 11.0 Å². The lowest BCUT2D eigenvalue weighted by molar-refractivity contribution is 0.0831. The number of phenolic OH excluding ortho intramolecular Hbond substituents is 1. The van der Waals surface area contributed by atoms with Crippen LogP contribution < -0.4 is 9.47 Å². The highest BCUT2D eigenvalue weighted by molar-refractivity contribution is 6.06. The van der Waals surface area contributed by atoms with Crippen LogP contribution in [-0.2, 0) is 70.6 Å². The van der Waals surface area contributed by atoms with Crippen molar-refractivity contribution >= 4 is 5.78 Å². The first-order valence-corrected chi connectivity index (χ1v) is 20.6. The first-order chi connectivity index (χ1) is 27.7. The number of phenols is 1. The van der Waals surface area contributed by atoms with E-state index in [2.05, 4.69) is 97.1 Å². The molecule has 0 saturated heterocycles. The average molecular weight is 751 g/mol. The number of hydrogen-bond donors (Lipinski definition) is 1. The van der Waals surface area contributed by atoms with E-state index in [1.54, 1.807) is 25.3 Å². The van der Waals surface area contributed by atoms with Crippen molar-refractivity contribution in [1.82, 2.24) is 0 Å². The maximum absolute atomic E-state index is 12.8. The Balaban J connectivity index is 0.000000104. The van der Waals surface area contributed by atoms with E-state index in [0.717, 1.165) is 54.7 Å². The van der Waals surface area contributed by atoms with Crippen LogP contribution in [0.2, 0.25) is 0 Å². The fourth-order valence-corrected chi connectivity index (χ4v) is 11.6. The van der Waals surface area contributed by atoms with Crippen molar-refractivity contribution in [2.24, 2.45) is 16.2 Å². The number of hydrogen-bond acceptors (Lipinski definition) is 4. The standard InChI is InChI=1S/C18H16O2.C18H18O.C17H16O/c1-20-15-6-7-16-14(8-15)11-18(17(16)19)9-12-4-2-3-5-13(12)10-18;1-19-17-7-6-15-11-18(12-16(15)8-17)9-13-4-2-3-5-14(13)10-18;18-16-6-5-14-10-17(11-15(14)7-16)8-12-3-1-2-4-13(12)9-17/h2-8H,9-11H2,1H3;2-8H,9-12H2,1H3;1-7,18H,8-11H2. The minimum Gasteiger partial charge on any atom is -0.508 e. The zero-order valence-electron chi connectivity index (χ0n) is 33.1. The van der Waals surface area contributed by atoms with Crippen molar-refractivity contribution in [3.05, 3.63) is 194 Å². The van der Waals surface area contributed by atoms with Gasteiger partial charge < -0.3 is 14.6 Å². The van der Waals surface area contributed by atoms with Crippen molar-refractivity contribution in [3.8, 4) is 17.2 Å². The molecule has 6 aliphatic rings. The topological polar surface area (TPSA) is 55.8 Å². The van der Waals surface area contributed by atoms with Gasteiger partial charge in [-0.1, -0.05) is 84.9 Å². The van der Waals surface area contributed by atoms with Crippen molar-refractivity contribution < 1.29 is 19.4 Å². The minimum atomic E-state index is -0.238. The van der Waals surface area contributed by atoms with Crippen molar-refractivity contribution in [2.75, 3.05) is 14.2 Å². The fourth-order valence-electron chi connectivity index (χ4n) is 11.6. The number of fused-ring (bicyclic) bond motifs is 6. The van der Waals surface area contributed by atoms with E-state index in [1.807, 2.05) is 30.3 Å². The molecule has 12 rings (SSSR count). The van der Waals surface area contributed by atoms with Crippen molar-refractivity contribution in [2.45, 2.75) is 70.6 Å². The molecule has 0 atom stereocenters. The summed E-state index contributed by atoms with van der Waals surface area (Å²) >= 11 is 0. The van der Waals surface area contributed by atoms with Crippen LogP contribution >= 0.6 is 0 Å². The van der Waals surface area contributed by atoms with E-state index >= 15 is 0 Å². The van der Waals surface area contributed by atoms with Gasteiger partial charge in [-0.2, -0.15) is 0 Å². The summed E-state index contributed by atoms with van der Waals surface area (Å²) in [5.41, 5.74) is 17.2. The average Bonchev–Trinajstić information content (AvgIpc) is 4.06. The van der Waals surface area contributed by atoms with Crippen LogP contribution in [0.3, 0.4) is 0 Å². The number of Topliss-reactive ketones (excluding diaryl/α,β-unsaturated/α-hetero) is 1. The Labute approximate surface area is 336 Å². The van der Waals surface area contributed by atoms with Gasteiger partial charge in [0.15, 0.2) is 5.78 Å². The molecule has 6 aliphatic carbocycles. The summed E-state index contributed by atoms with van der Waals surface area (Å²) in [6, 6.07) is 44.5. The fraction of sp³-hybridized carbons (Fsp3) is 0.302. The summed E-state index contributed by atoms with van der Waals surface area (Å²) < 4.78 is 10.6. The van der Waals surface area contributed by atoms with E-state index in [0.29, 0.717) is 22.4 Å². The molecule has 0 heterocycles. The Hall–Kier alpha value is -5.61. The minimum absolute atomic E-state index is 0.238. The van der Waals surface area contributed by atoms with Gasteiger partial charge in [0.05, 0.1) is 14.2 Å². The zero-order chi connectivity index (χ0) is 38.8. The molecule has 0 aromatic heterocycles. The number of rotatable bonds is 2. The number of ketones is 1. The third-order valence-electron chi connectivity index (χ3n) is 14.1. The third-order valence-corrected chi connectivity index (χ3v) is 14.1. The van der Waals surface area contributed by atoms with Crippen LogP contribution in [0.5, 0.6) is 17.2 Å². The second-order valence-corrected chi connectivity index (χ2v) is 18.0. The normalized spacial score (nSPS) is 18.5. The summed E-state index contributed by atoms with van der Waals surface area (Å²) in [5, 5.41) is 9.60. The molecule has 0 bridgehead atoms. The smallest absolute Gasteiger partial charge is 0.170 e. The lowest BCUT2D eigenvalue weighted by Crippen LogP contribution is -2.28. The Morgan fingerprint density at radius 2 is 0.754 bits per heavy atom. The first-order valence-electron chi connectivity index (χ1n) is 20.6. The number of aromatic hydroxyl groups is 1. The third kappa shape index (κ3) is 6.44. The van der Waals surface area contributed by atoms with Crippen molar-refractivity contribution in [3.63, 3.8) is 0 Å². The largest absolute Gasteiger partial charge is 0.508 e. The Morgan fingerprint density at radius 3 is 1.23 bits per heavy atom. The summed E-state index contributed by atoms with van der Waals surface area (Å²) in [7, 11) is 3.41. The van der Waals surface area contributed by atoms with Gasteiger partial charge in [0.1, 0.15) is 17.2 Å². The maximum atomic E-state index is 12.8. The van der Waals surface area contributed by atoms with Crippen LogP contribution in [0, 0.1) is 16.2 Å². The molecule has 0 radical (unpaired) electrons. The molecule has 57 heavy (non-hydrogen) atoms. The van der Waals surface area contributed by atoms with E-state index in [-0.39, 0.29) is 5.41 Å². The van der Waals surface area contributed by atoms with Gasteiger partial charge in [0.25, 0.3) is 0 Å². The molecule has 4 heteroatoms. The monoisotopic (exact) mass is 750 g/mol. The molecular weight excluding hydrogens is 701 g/mol. The van der Waals surface area contributed by atoms with Crippen molar-refractivity contribution in [1.29, 1.82) is 0 Å². The second kappa shape index (κ2) is 13.8. The van der Waals surface area contributed by atoms with Gasteiger partial charge >= 0.3 is 0 Å². The van der Waals surface area contributed by atoms with Gasteiger partial charge in [-0.05, 0) is 185 Å². The van der Waals surface area contributed by atoms with Gasteiger partial charge in [-0.3, -0.25) is 4.79 Å². The van der Waals surface area contributed by atoms with Crippen LogP contribution in [0.15, 0.2) is 127 Å². The maximum Gasteiger partial charge on any atom is 0.170 e. The highest BCUT2D eigenvalue weighted by Crippen LogP contribution is 2.50. The van der Waals surface area contributed by atoms with Crippen LogP contribution in [0.25, 0.3) is 0 Å². The Bertz CT molecular complexity index is 2470. The first kappa shape index (κ1) is 35.8. The van der Waals surface area contributed by atoms with Gasteiger partial charge in [-0.15, -0.1) is 0 Å². The highest BCUT2D eigenvalue weighted by Gasteiger charge is 2.49. The summed E-state index contributed by atoms with van der Waals surface area (Å²) in [6.45, 7) is 0. The molecule has 286 valence electrons. The van der Waals surface area contributed by atoms with E-state index < -0.39 is 0 Å². The molecular formula is C53H50O4. The quantitative estimate of drug-likeness (QED) is 0.192. The number of ether oxygens (including phenoxy) is 2. The van der Waals surface area contributed by atoms with Crippen LogP contribution in [0.1, 0.15) is 71.6 Å². The number of carbonyl (C=O) groups excluding carboxylic acids is 1. The Morgan fingerprint density at radius 1 is 0.404 bits per heavy atom. The molecule has 0 saturated carbocycles. The van der Waals surface area contributed by atoms with E-state index in [4.69, 9.17) is 9.47 Å². The summed E-state index contributed by atoms with van der Waals surface area (Å²) in [4.78, 5) is 12.8. The number of carbonyl (C=O) groups is 1. The van der Waals surface area contributed by atoms with Gasteiger partial charge in [-0.25, -0.2) is 0 Å². The van der Waals surface area contributed by atoms with E-state index in [9.17, 15) is 9.90 Å². The molecule has 3 spiro atoms. The van der Waals surface area contributed by atoms with E-state index in [1.165, 1.54) is 83.0 Å². The lowest BCUT2D eigenvalue weighted by Gasteiger charge is -2.21. The zero-order valence-corrected chi connectivity index (χ0v) is 33.1. The number of methoxy groups -OCH3 is 2. The predicted molar refractivity (Wildman–Crippen MR) is 226 cm³/mol.